The monoisotopic (exact) mass is 260 g/mol. The number of aromatic nitrogens is 1. The van der Waals surface area contributed by atoms with Crippen molar-refractivity contribution in [2.24, 2.45) is 0 Å². The number of halogens is 1. The Kier molecular flexibility index (Phi) is 2.91. The zero-order valence-electron chi connectivity index (χ0n) is 10.2. The van der Waals surface area contributed by atoms with E-state index in [2.05, 4.69) is 4.98 Å². The Labute approximate surface area is 109 Å². The first-order valence-electron chi connectivity index (χ1n) is 6.17. The number of hydrogen-bond donors (Lipinski definition) is 1. The summed E-state index contributed by atoms with van der Waals surface area (Å²) in [6, 6.07) is 6.00. The lowest BCUT2D eigenvalue weighted by Gasteiger charge is -2.16. The molecule has 0 spiro atoms. The summed E-state index contributed by atoms with van der Waals surface area (Å²) in [6.45, 7) is 0.786. The number of fused-ring (bicyclic) bond motifs is 1. The molecule has 1 amide bonds. The Balaban J connectivity index is 2.06. The maximum atomic E-state index is 13.6. The van der Waals surface area contributed by atoms with Crippen molar-refractivity contribution in [2.75, 3.05) is 13.1 Å². The van der Waals surface area contributed by atoms with Crippen molar-refractivity contribution in [2.45, 2.75) is 12.5 Å². The van der Waals surface area contributed by atoms with Crippen molar-refractivity contribution in [1.29, 1.82) is 0 Å². The molecule has 5 heteroatoms. The third kappa shape index (κ3) is 2.17. The maximum absolute atomic E-state index is 13.6. The number of nitrogens with zero attached hydrogens (tertiary/aromatic N) is 2. The molecule has 19 heavy (non-hydrogen) atoms. The van der Waals surface area contributed by atoms with Crippen LogP contribution in [0.5, 0.6) is 0 Å². The van der Waals surface area contributed by atoms with Gasteiger partial charge < -0.3 is 10.0 Å². The number of aliphatic hydroxyl groups excluding tert-OH is 1. The van der Waals surface area contributed by atoms with Crippen molar-refractivity contribution < 1.29 is 14.3 Å². The van der Waals surface area contributed by atoms with Crippen LogP contribution in [-0.2, 0) is 0 Å². The standard InChI is InChI=1S/C14H13FN2O2/c15-10-6-9-2-1-4-16-13(9)12(7-10)14(19)17-5-3-11(18)8-17/h1-2,4,6-7,11,18H,3,5,8H2/t11-/m1/s1. The van der Waals surface area contributed by atoms with Crippen molar-refractivity contribution in [1.82, 2.24) is 9.88 Å². The van der Waals surface area contributed by atoms with Gasteiger partial charge >= 0.3 is 0 Å². The highest BCUT2D eigenvalue weighted by molar-refractivity contribution is 6.05. The van der Waals surface area contributed by atoms with Gasteiger partial charge in [-0.1, -0.05) is 6.07 Å². The summed E-state index contributed by atoms with van der Waals surface area (Å²) < 4.78 is 13.6. The summed E-state index contributed by atoms with van der Waals surface area (Å²) in [5.41, 5.74) is 0.750. The van der Waals surface area contributed by atoms with E-state index in [1.54, 1.807) is 18.3 Å². The van der Waals surface area contributed by atoms with Gasteiger partial charge in [0.15, 0.2) is 0 Å². The van der Waals surface area contributed by atoms with E-state index in [-0.39, 0.29) is 11.5 Å². The minimum absolute atomic E-state index is 0.254. The lowest BCUT2D eigenvalue weighted by atomic mass is 10.1. The van der Waals surface area contributed by atoms with E-state index in [1.165, 1.54) is 17.0 Å². The van der Waals surface area contributed by atoms with E-state index in [0.717, 1.165) is 0 Å². The number of carbonyl (C=O) groups is 1. The Morgan fingerprint density at radius 1 is 1.47 bits per heavy atom. The van der Waals surface area contributed by atoms with Gasteiger partial charge in [-0.05, 0) is 24.6 Å². The molecule has 0 bridgehead atoms. The molecule has 1 aromatic heterocycles. The van der Waals surface area contributed by atoms with Crippen LogP contribution in [0.25, 0.3) is 10.9 Å². The van der Waals surface area contributed by atoms with Crippen LogP contribution in [0.4, 0.5) is 4.39 Å². The predicted molar refractivity (Wildman–Crippen MR) is 68.2 cm³/mol. The van der Waals surface area contributed by atoms with Gasteiger partial charge in [-0.25, -0.2) is 4.39 Å². The number of likely N-dealkylation sites (tertiary alicyclic amines) is 1. The van der Waals surface area contributed by atoms with Crippen molar-refractivity contribution in [3.8, 4) is 0 Å². The third-order valence-corrected chi connectivity index (χ3v) is 3.35. The summed E-state index contributed by atoms with van der Waals surface area (Å²) in [6.07, 6.45) is 1.65. The molecule has 1 aromatic carbocycles. The summed E-state index contributed by atoms with van der Waals surface area (Å²) >= 11 is 0. The van der Waals surface area contributed by atoms with Crippen LogP contribution in [0.1, 0.15) is 16.8 Å². The topological polar surface area (TPSA) is 53.4 Å². The van der Waals surface area contributed by atoms with Crippen molar-refractivity contribution in [3.63, 3.8) is 0 Å². The van der Waals surface area contributed by atoms with E-state index in [4.69, 9.17) is 0 Å². The van der Waals surface area contributed by atoms with Crippen LogP contribution in [0.2, 0.25) is 0 Å². The molecule has 0 unspecified atom stereocenters. The first-order valence-corrected chi connectivity index (χ1v) is 6.17. The molecule has 1 atom stereocenters. The molecular formula is C14H13FN2O2. The average molecular weight is 260 g/mol. The number of hydrogen-bond acceptors (Lipinski definition) is 3. The van der Waals surface area contributed by atoms with Gasteiger partial charge in [0.05, 0.1) is 17.2 Å². The first kappa shape index (κ1) is 12.0. The smallest absolute Gasteiger partial charge is 0.256 e. The molecule has 1 saturated heterocycles. The molecule has 1 N–H and O–H groups in total. The highest BCUT2D eigenvalue weighted by Gasteiger charge is 2.27. The fourth-order valence-electron chi connectivity index (χ4n) is 2.42. The Morgan fingerprint density at radius 3 is 3.05 bits per heavy atom. The average Bonchev–Trinajstić information content (AvgIpc) is 2.83. The number of pyridine rings is 1. The molecule has 0 aliphatic carbocycles. The van der Waals surface area contributed by atoms with Gasteiger partial charge in [-0.15, -0.1) is 0 Å². The highest BCUT2D eigenvalue weighted by atomic mass is 19.1. The number of aliphatic hydroxyl groups is 1. The molecule has 1 aliphatic rings. The predicted octanol–water partition coefficient (Wildman–Crippen LogP) is 1.58. The zero-order chi connectivity index (χ0) is 13.4. The second-order valence-corrected chi connectivity index (χ2v) is 4.72. The van der Waals surface area contributed by atoms with Gasteiger partial charge in [0.2, 0.25) is 0 Å². The fraction of sp³-hybridized carbons (Fsp3) is 0.286. The summed E-state index contributed by atoms with van der Waals surface area (Å²) in [5.74, 6) is -0.733. The SMILES string of the molecule is O=C(c1cc(F)cc2cccnc12)N1CC[C@@H](O)C1. The van der Waals surface area contributed by atoms with E-state index >= 15 is 0 Å². The van der Waals surface area contributed by atoms with Gasteiger partial charge in [-0.3, -0.25) is 9.78 Å². The molecule has 3 rings (SSSR count). The van der Waals surface area contributed by atoms with Crippen LogP contribution in [0.15, 0.2) is 30.5 Å². The maximum Gasteiger partial charge on any atom is 0.256 e. The number of rotatable bonds is 1. The van der Waals surface area contributed by atoms with Crippen LogP contribution >= 0.6 is 0 Å². The quantitative estimate of drug-likeness (QED) is 0.847. The molecule has 1 fully saturated rings. The van der Waals surface area contributed by atoms with Gasteiger partial charge in [0, 0.05) is 24.7 Å². The second-order valence-electron chi connectivity index (χ2n) is 4.72. The molecule has 2 heterocycles. The lowest BCUT2D eigenvalue weighted by Crippen LogP contribution is -2.29. The Bertz CT molecular complexity index is 644. The molecule has 0 saturated carbocycles. The summed E-state index contributed by atoms with van der Waals surface area (Å²) in [7, 11) is 0. The van der Waals surface area contributed by atoms with E-state index in [0.29, 0.717) is 30.4 Å². The lowest BCUT2D eigenvalue weighted by molar-refractivity contribution is 0.0766. The van der Waals surface area contributed by atoms with E-state index in [1.807, 2.05) is 0 Å². The van der Waals surface area contributed by atoms with Gasteiger partial charge in [0.25, 0.3) is 5.91 Å². The summed E-state index contributed by atoms with van der Waals surface area (Å²) in [4.78, 5) is 18.1. The molecular weight excluding hydrogens is 247 g/mol. The zero-order valence-corrected chi connectivity index (χ0v) is 10.2. The van der Waals surface area contributed by atoms with Crippen molar-refractivity contribution >= 4 is 16.8 Å². The number of benzene rings is 1. The van der Waals surface area contributed by atoms with E-state index in [9.17, 15) is 14.3 Å². The normalized spacial score (nSPS) is 19.1. The van der Waals surface area contributed by atoms with Crippen molar-refractivity contribution in [3.05, 3.63) is 41.8 Å². The van der Waals surface area contributed by atoms with Crippen LogP contribution in [-0.4, -0.2) is 40.1 Å². The number of β-amino-alcohol motifs (C(OH)–C–C–N with tert-alkyl or cyclic N) is 1. The van der Waals surface area contributed by atoms with E-state index < -0.39 is 11.9 Å². The minimum Gasteiger partial charge on any atom is -0.391 e. The van der Waals surface area contributed by atoms with Crippen LogP contribution in [0.3, 0.4) is 0 Å². The number of carbonyl (C=O) groups excluding carboxylic acids is 1. The highest BCUT2D eigenvalue weighted by Crippen LogP contribution is 2.21. The largest absolute Gasteiger partial charge is 0.391 e. The molecule has 4 nitrogen and oxygen atoms in total. The van der Waals surface area contributed by atoms with Crippen LogP contribution in [0, 0.1) is 5.82 Å². The Morgan fingerprint density at radius 2 is 2.32 bits per heavy atom. The fourth-order valence-corrected chi connectivity index (χ4v) is 2.42. The number of amides is 1. The molecule has 2 aromatic rings. The summed E-state index contributed by atoms with van der Waals surface area (Å²) in [5, 5.41) is 10.1. The Hall–Kier alpha value is -2.01. The second kappa shape index (κ2) is 4.59. The molecule has 0 radical (unpaired) electrons. The minimum atomic E-state index is -0.489. The first-order chi connectivity index (χ1) is 9.15. The van der Waals surface area contributed by atoms with Crippen LogP contribution < -0.4 is 0 Å². The molecule has 98 valence electrons. The van der Waals surface area contributed by atoms with Gasteiger partial charge in [-0.2, -0.15) is 0 Å². The third-order valence-electron chi connectivity index (χ3n) is 3.35. The molecule has 1 aliphatic heterocycles. The van der Waals surface area contributed by atoms with Gasteiger partial charge in [0.1, 0.15) is 5.82 Å².